The van der Waals surface area contributed by atoms with Gasteiger partial charge in [-0.25, -0.2) is 0 Å². The maximum absolute atomic E-state index is 12.6. The highest BCUT2D eigenvalue weighted by Crippen LogP contribution is 2.32. The van der Waals surface area contributed by atoms with Gasteiger partial charge in [-0.15, -0.1) is 12.4 Å². The molecule has 1 N–H and O–H groups in total. The van der Waals surface area contributed by atoms with Crippen LogP contribution in [0.3, 0.4) is 0 Å². The van der Waals surface area contributed by atoms with Gasteiger partial charge in [0.1, 0.15) is 5.75 Å². The second kappa shape index (κ2) is 9.35. The first kappa shape index (κ1) is 20.1. The van der Waals surface area contributed by atoms with Crippen molar-refractivity contribution in [3.63, 3.8) is 0 Å². The summed E-state index contributed by atoms with van der Waals surface area (Å²) in [7, 11) is 0. The van der Waals surface area contributed by atoms with Crippen LogP contribution in [0.15, 0.2) is 24.3 Å². The van der Waals surface area contributed by atoms with Gasteiger partial charge in [0.15, 0.2) is 0 Å². The van der Waals surface area contributed by atoms with Crippen LogP contribution in [0.25, 0.3) is 0 Å². The van der Waals surface area contributed by atoms with Gasteiger partial charge in [-0.1, -0.05) is 12.1 Å². The molecule has 0 aliphatic carbocycles. The molecule has 1 atom stereocenters. The van der Waals surface area contributed by atoms with E-state index in [2.05, 4.69) is 10.2 Å². The normalized spacial score (nSPS) is 17.4. The van der Waals surface area contributed by atoms with Gasteiger partial charge in [-0.3, -0.25) is 4.90 Å². The molecule has 0 spiro atoms. The number of rotatable bonds is 6. The minimum atomic E-state index is -4.11. The molecule has 0 aromatic heterocycles. The predicted octanol–water partition coefficient (Wildman–Crippen LogP) is 3.80. The zero-order valence-corrected chi connectivity index (χ0v) is 14.1. The average Bonchev–Trinajstić information content (AvgIpc) is 2.49. The van der Waals surface area contributed by atoms with Crippen molar-refractivity contribution in [3.05, 3.63) is 29.8 Å². The van der Waals surface area contributed by atoms with Crippen molar-refractivity contribution in [1.82, 2.24) is 10.2 Å². The topological polar surface area (TPSA) is 24.5 Å². The molecular formula is C16H24ClF3N2O. The van der Waals surface area contributed by atoms with Crippen LogP contribution in [0.5, 0.6) is 5.75 Å². The number of piperazine rings is 1. The van der Waals surface area contributed by atoms with Crippen LogP contribution in [0.2, 0.25) is 0 Å². The van der Waals surface area contributed by atoms with E-state index < -0.39 is 12.6 Å². The van der Waals surface area contributed by atoms with Crippen LogP contribution in [0.4, 0.5) is 13.2 Å². The van der Waals surface area contributed by atoms with E-state index in [1.807, 2.05) is 31.2 Å². The molecular weight excluding hydrogens is 329 g/mol. The van der Waals surface area contributed by atoms with Crippen LogP contribution < -0.4 is 10.1 Å². The first-order valence-corrected chi connectivity index (χ1v) is 7.74. The van der Waals surface area contributed by atoms with Crippen molar-refractivity contribution >= 4 is 12.4 Å². The molecule has 0 unspecified atom stereocenters. The number of hydrogen-bond acceptors (Lipinski definition) is 3. The summed E-state index contributed by atoms with van der Waals surface area (Å²) in [6.07, 6.45) is -4.77. The maximum atomic E-state index is 12.6. The summed E-state index contributed by atoms with van der Waals surface area (Å²) < 4.78 is 43.2. The maximum Gasteiger partial charge on any atom is 0.389 e. The zero-order valence-electron chi connectivity index (χ0n) is 13.2. The minimum Gasteiger partial charge on any atom is -0.494 e. The number of alkyl halides is 3. The largest absolute Gasteiger partial charge is 0.494 e. The van der Waals surface area contributed by atoms with Crippen LogP contribution >= 0.6 is 12.4 Å². The number of nitrogens with zero attached hydrogens (tertiary/aromatic N) is 1. The van der Waals surface area contributed by atoms with Crippen LogP contribution in [-0.2, 0) is 0 Å². The summed E-state index contributed by atoms with van der Waals surface area (Å²) >= 11 is 0. The van der Waals surface area contributed by atoms with Crippen molar-refractivity contribution in [2.45, 2.75) is 32.0 Å². The van der Waals surface area contributed by atoms with Crippen molar-refractivity contribution in [2.75, 3.05) is 32.8 Å². The second-order valence-electron chi connectivity index (χ2n) is 5.46. The van der Waals surface area contributed by atoms with Gasteiger partial charge < -0.3 is 10.1 Å². The molecule has 0 bridgehead atoms. The molecule has 2 rings (SSSR count). The lowest BCUT2D eigenvalue weighted by molar-refractivity contribution is -0.138. The van der Waals surface area contributed by atoms with Crippen molar-refractivity contribution < 1.29 is 17.9 Å². The summed E-state index contributed by atoms with van der Waals surface area (Å²) in [6, 6.07) is 7.24. The molecule has 1 aliphatic heterocycles. The third-order valence-corrected chi connectivity index (χ3v) is 3.87. The lowest BCUT2D eigenvalue weighted by Gasteiger charge is -2.35. The molecule has 0 radical (unpaired) electrons. The molecule has 1 fully saturated rings. The molecule has 1 aromatic rings. The Morgan fingerprint density at radius 2 is 1.78 bits per heavy atom. The molecule has 0 amide bonds. The molecule has 132 valence electrons. The molecule has 1 aromatic carbocycles. The quantitative estimate of drug-likeness (QED) is 0.843. The summed E-state index contributed by atoms with van der Waals surface area (Å²) in [5, 5.41) is 3.24. The van der Waals surface area contributed by atoms with Gasteiger partial charge in [0, 0.05) is 38.6 Å². The van der Waals surface area contributed by atoms with E-state index in [1.54, 1.807) is 0 Å². The van der Waals surface area contributed by atoms with E-state index in [-0.39, 0.29) is 24.9 Å². The summed E-state index contributed by atoms with van der Waals surface area (Å²) in [5.41, 5.74) is 0.926. The molecule has 1 aliphatic rings. The molecule has 23 heavy (non-hydrogen) atoms. The van der Waals surface area contributed by atoms with E-state index in [1.165, 1.54) is 0 Å². The van der Waals surface area contributed by atoms with Gasteiger partial charge in [-0.2, -0.15) is 13.2 Å². The van der Waals surface area contributed by atoms with Crippen molar-refractivity contribution in [1.29, 1.82) is 0 Å². The fourth-order valence-corrected chi connectivity index (χ4v) is 2.81. The van der Waals surface area contributed by atoms with Gasteiger partial charge >= 0.3 is 6.18 Å². The first-order chi connectivity index (χ1) is 10.5. The number of hydrogen-bond donors (Lipinski definition) is 1. The standard InChI is InChI=1S/C16H23F3N2O.ClH/c1-2-22-14-5-3-13(4-6-14)15(7-8-16(17,18)19)21-11-9-20-10-12-21;/h3-6,15,20H,2,7-12H2,1H3;1H/t15-;/m1./s1. The Labute approximate surface area is 141 Å². The predicted molar refractivity (Wildman–Crippen MR) is 87.3 cm³/mol. The number of halogens is 4. The van der Waals surface area contributed by atoms with E-state index in [0.717, 1.165) is 37.5 Å². The lowest BCUT2D eigenvalue weighted by Crippen LogP contribution is -2.45. The molecule has 1 saturated heterocycles. The van der Waals surface area contributed by atoms with Crippen LogP contribution in [0, 0.1) is 0 Å². The van der Waals surface area contributed by atoms with E-state index >= 15 is 0 Å². The monoisotopic (exact) mass is 352 g/mol. The number of benzene rings is 1. The van der Waals surface area contributed by atoms with Gasteiger partial charge in [-0.05, 0) is 31.0 Å². The zero-order chi connectivity index (χ0) is 16.0. The van der Waals surface area contributed by atoms with Crippen LogP contribution in [0.1, 0.15) is 31.4 Å². The third-order valence-electron chi connectivity index (χ3n) is 3.87. The fraction of sp³-hybridized carbons (Fsp3) is 0.625. The Morgan fingerprint density at radius 1 is 1.17 bits per heavy atom. The summed E-state index contributed by atoms with van der Waals surface area (Å²) in [5.74, 6) is 0.751. The Kier molecular flexibility index (Phi) is 8.16. The highest BCUT2D eigenvalue weighted by molar-refractivity contribution is 5.85. The smallest absolute Gasteiger partial charge is 0.389 e. The third kappa shape index (κ3) is 6.57. The Morgan fingerprint density at radius 3 is 2.30 bits per heavy atom. The van der Waals surface area contributed by atoms with Gasteiger partial charge in [0.05, 0.1) is 6.61 Å². The fourth-order valence-electron chi connectivity index (χ4n) is 2.81. The highest BCUT2D eigenvalue weighted by atomic mass is 35.5. The van der Waals surface area contributed by atoms with Crippen molar-refractivity contribution in [3.8, 4) is 5.75 Å². The first-order valence-electron chi connectivity index (χ1n) is 7.74. The minimum absolute atomic E-state index is 0. The number of ether oxygens (including phenoxy) is 1. The Hall–Kier alpha value is -0.980. The van der Waals surface area contributed by atoms with Gasteiger partial charge in [0.25, 0.3) is 0 Å². The van der Waals surface area contributed by atoms with E-state index in [4.69, 9.17) is 4.74 Å². The number of nitrogens with one attached hydrogen (secondary N) is 1. The highest BCUT2D eigenvalue weighted by Gasteiger charge is 2.31. The summed E-state index contributed by atoms with van der Waals surface area (Å²) in [4.78, 5) is 2.14. The van der Waals surface area contributed by atoms with E-state index in [9.17, 15) is 13.2 Å². The second-order valence-corrected chi connectivity index (χ2v) is 5.46. The summed E-state index contributed by atoms with van der Waals surface area (Å²) in [6.45, 7) is 5.67. The lowest BCUT2D eigenvalue weighted by atomic mass is 9.99. The van der Waals surface area contributed by atoms with Gasteiger partial charge in [0.2, 0.25) is 0 Å². The molecule has 0 saturated carbocycles. The molecule has 7 heteroatoms. The molecule has 1 heterocycles. The average molecular weight is 353 g/mol. The molecule has 3 nitrogen and oxygen atoms in total. The Bertz CT molecular complexity index is 448. The van der Waals surface area contributed by atoms with Crippen molar-refractivity contribution in [2.24, 2.45) is 0 Å². The van der Waals surface area contributed by atoms with E-state index in [0.29, 0.717) is 6.61 Å². The van der Waals surface area contributed by atoms with Crippen LogP contribution in [-0.4, -0.2) is 43.9 Å². The Balaban J connectivity index is 0.00000264. The SMILES string of the molecule is CCOc1ccc([C@@H](CCC(F)(F)F)N2CCNCC2)cc1.Cl.